The Hall–Kier alpha value is -0.0900. The molecule has 0 spiro atoms. The molecule has 0 fully saturated rings. The van der Waals surface area contributed by atoms with E-state index < -0.39 is 0 Å². The molecule has 0 nitrogen and oxygen atoms in total. The van der Waals surface area contributed by atoms with Crippen LogP contribution in [0.25, 0.3) is 0 Å². The molecule has 0 aromatic heterocycles. The summed E-state index contributed by atoms with van der Waals surface area (Å²) in [5.74, 6) is 5.61. The molecule has 1 heteroatoms. The van der Waals surface area contributed by atoms with Gasteiger partial charge in [-0.3, -0.25) is 0 Å². The summed E-state index contributed by atoms with van der Waals surface area (Å²) in [6.07, 6.45) is 11.6. The number of hydrogen-bond acceptors (Lipinski definition) is 1. The molecule has 17 heavy (non-hydrogen) atoms. The fourth-order valence-electron chi connectivity index (χ4n) is 2.62. The minimum absolute atomic E-state index is 0.418. The van der Waals surface area contributed by atoms with Gasteiger partial charge in [0.15, 0.2) is 0 Å². The van der Waals surface area contributed by atoms with Crippen LogP contribution in [-0.4, -0.2) is 11.5 Å². The van der Waals surface area contributed by atoms with Crippen molar-refractivity contribution in [3.63, 3.8) is 0 Å². The summed E-state index contributed by atoms with van der Waals surface area (Å²) in [4.78, 5) is 0. The zero-order valence-electron chi connectivity index (χ0n) is 12.5. The predicted molar refractivity (Wildman–Crippen MR) is 82.3 cm³/mol. The second-order valence-electron chi connectivity index (χ2n) is 5.74. The second kappa shape index (κ2) is 8.92. The van der Waals surface area contributed by atoms with Crippen LogP contribution in [0.2, 0.25) is 0 Å². The van der Waals surface area contributed by atoms with Crippen molar-refractivity contribution in [2.75, 3.05) is 6.26 Å². The average Bonchev–Trinajstić information content (AvgIpc) is 2.28. The molecular weight excluding hydrogens is 224 g/mol. The highest BCUT2D eigenvalue weighted by Crippen LogP contribution is 2.32. The van der Waals surface area contributed by atoms with E-state index in [0.29, 0.717) is 11.8 Å². The molecule has 0 radical (unpaired) electrons. The van der Waals surface area contributed by atoms with Gasteiger partial charge in [0.25, 0.3) is 0 Å². The summed E-state index contributed by atoms with van der Waals surface area (Å²) in [6.45, 7) is 11.5. The van der Waals surface area contributed by atoms with Crippen molar-refractivity contribution in [3.05, 3.63) is 0 Å². The van der Waals surface area contributed by atoms with Crippen molar-refractivity contribution < 1.29 is 0 Å². The Kier molecular flexibility index (Phi) is 8.88. The van der Waals surface area contributed by atoms with E-state index in [1.807, 2.05) is 11.8 Å². The molecule has 0 aromatic carbocycles. The first-order chi connectivity index (χ1) is 7.96. The quantitative estimate of drug-likeness (QED) is 0.544. The molecule has 4 atom stereocenters. The van der Waals surface area contributed by atoms with Crippen LogP contribution in [0.3, 0.4) is 0 Å². The molecule has 0 saturated carbocycles. The fourth-order valence-corrected chi connectivity index (χ4v) is 3.63. The van der Waals surface area contributed by atoms with Crippen molar-refractivity contribution in [1.82, 2.24) is 0 Å². The molecule has 0 bridgehead atoms. The van der Waals surface area contributed by atoms with Crippen LogP contribution in [0.4, 0.5) is 0 Å². The summed E-state index contributed by atoms with van der Waals surface area (Å²) in [6, 6.07) is 0. The van der Waals surface area contributed by atoms with E-state index in [1.165, 1.54) is 19.3 Å². The molecule has 0 rings (SSSR count). The summed E-state index contributed by atoms with van der Waals surface area (Å²) in [7, 11) is 0. The normalized spacial score (nSPS) is 18.5. The zero-order chi connectivity index (χ0) is 13.4. The molecule has 0 aliphatic heterocycles. The molecular formula is C16H30S. The minimum Gasteiger partial charge on any atom is -0.162 e. The standard InChI is InChI=1S/C16H30S/c1-8-13(5)15(9-2)11-16(17-7)14(6)10-12(3)4/h1,12-16H,9-11H2,2-7H3. The molecule has 0 N–H and O–H groups in total. The van der Waals surface area contributed by atoms with Crippen molar-refractivity contribution in [1.29, 1.82) is 0 Å². The number of rotatable bonds is 8. The van der Waals surface area contributed by atoms with Gasteiger partial charge in [-0.25, -0.2) is 0 Å². The first-order valence-corrected chi connectivity index (χ1v) is 8.23. The van der Waals surface area contributed by atoms with Gasteiger partial charge in [-0.2, -0.15) is 11.8 Å². The SMILES string of the molecule is C#CC(C)C(CC)CC(SC)C(C)CC(C)C. The Morgan fingerprint density at radius 2 is 1.71 bits per heavy atom. The van der Waals surface area contributed by atoms with Crippen molar-refractivity contribution in [2.45, 2.75) is 59.1 Å². The summed E-state index contributed by atoms with van der Waals surface area (Å²) < 4.78 is 0. The monoisotopic (exact) mass is 254 g/mol. The predicted octanol–water partition coefficient (Wildman–Crippen LogP) is 5.09. The second-order valence-corrected chi connectivity index (χ2v) is 6.82. The Morgan fingerprint density at radius 3 is 2.06 bits per heavy atom. The van der Waals surface area contributed by atoms with Gasteiger partial charge in [0, 0.05) is 11.2 Å². The Labute approximate surface area is 113 Å². The Morgan fingerprint density at radius 1 is 1.12 bits per heavy atom. The molecule has 100 valence electrons. The number of hydrogen-bond donors (Lipinski definition) is 0. The summed E-state index contributed by atoms with van der Waals surface area (Å²) in [5.41, 5.74) is 0. The van der Waals surface area contributed by atoms with Gasteiger partial charge in [0.2, 0.25) is 0 Å². The Bertz CT molecular complexity index is 226. The molecule has 0 aliphatic rings. The maximum atomic E-state index is 5.57. The molecule has 0 amide bonds. The van der Waals surface area contributed by atoms with E-state index in [1.54, 1.807) is 0 Å². The minimum atomic E-state index is 0.418. The van der Waals surface area contributed by atoms with E-state index in [4.69, 9.17) is 6.42 Å². The van der Waals surface area contributed by atoms with Crippen LogP contribution < -0.4 is 0 Å². The largest absolute Gasteiger partial charge is 0.162 e. The lowest BCUT2D eigenvalue weighted by atomic mass is 9.84. The van der Waals surface area contributed by atoms with Gasteiger partial charge in [0.1, 0.15) is 0 Å². The van der Waals surface area contributed by atoms with E-state index in [-0.39, 0.29) is 0 Å². The first-order valence-electron chi connectivity index (χ1n) is 6.95. The molecule has 4 unspecified atom stereocenters. The average molecular weight is 254 g/mol. The molecule has 0 saturated heterocycles. The highest BCUT2D eigenvalue weighted by molar-refractivity contribution is 7.99. The van der Waals surface area contributed by atoms with Gasteiger partial charge >= 0.3 is 0 Å². The van der Waals surface area contributed by atoms with Crippen molar-refractivity contribution in [2.24, 2.45) is 23.7 Å². The number of terminal acetylenes is 1. The van der Waals surface area contributed by atoms with E-state index in [0.717, 1.165) is 17.1 Å². The fraction of sp³-hybridized carbons (Fsp3) is 0.875. The van der Waals surface area contributed by atoms with Gasteiger partial charge in [-0.05, 0) is 36.9 Å². The van der Waals surface area contributed by atoms with Crippen molar-refractivity contribution >= 4 is 11.8 Å². The van der Waals surface area contributed by atoms with E-state index >= 15 is 0 Å². The first kappa shape index (κ1) is 16.9. The number of thioether (sulfide) groups is 1. The summed E-state index contributed by atoms with van der Waals surface area (Å²) >= 11 is 2.02. The smallest absolute Gasteiger partial charge is 0.0200 e. The lowest BCUT2D eigenvalue weighted by Gasteiger charge is -2.29. The van der Waals surface area contributed by atoms with Crippen LogP contribution in [0.1, 0.15) is 53.9 Å². The highest BCUT2D eigenvalue weighted by Gasteiger charge is 2.23. The molecule has 0 aromatic rings. The van der Waals surface area contributed by atoms with Gasteiger partial charge < -0.3 is 0 Å². The topological polar surface area (TPSA) is 0 Å². The van der Waals surface area contributed by atoms with Crippen LogP contribution in [0.5, 0.6) is 0 Å². The van der Waals surface area contributed by atoms with Gasteiger partial charge in [0.05, 0.1) is 0 Å². The maximum Gasteiger partial charge on any atom is 0.0200 e. The van der Waals surface area contributed by atoms with Crippen LogP contribution >= 0.6 is 11.8 Å². The Balaban J connectivity index is 4.41. The zero-order valence-corrected chi connectivity index (χ0v) is 13.3. The molecule has 0 heterocycles. The lowest BCUT2D eigenvalue weighted by molar-refractivity contribution is 0.332. The van der Waals surface area contributed by atoms with Gasteiger partial charge in [-0.1, -0.05) is 41.0 Å². The third kappa shape index (κ3) is 6.41. The van der Waals surface area contributed by atoms with Gasteiger partial charge in [-0.15, -0.1) is 12.3 Å². The van der Waals surface area contributed by atoms with Crippen molar-refractivity contribution in [3.8, 4) is 12.3 Å². The van der Waals surface area contributed by atoms with Crippen LogP contribution in [0, 0.1) is 36.0 Å². The van der Waals surface area contributed by atoms with Crippen LogP contribution in [-0.2, 0) is 0 Å². The van der Waals surface area contributed by atoms with E-state index in [9.17, 15) is 0 Å². The third-order valence-electron chi connectivity index (χ3n) is 3.81. The third-order valence-corrected chi connectivity index (χ3v) is 5.07. The highest BCUT2D eigenvalue weighted by atomic mass is 32.2. The van der Waals surface area contributed by atoms with Crippen LogP contribution in [0.15, 0.2) is 0 Å². The summed E-state index contributed by atoms with van der Waals surface area (Å²) in [5, 5.41) is 0.762. The molecule has 0 aliphatic carbocycles. The lowest BCUT2D eigenvalue weighted by Crippen LogP contribution is -2.22. The van der Waals surface area contributed by atoms with E-state index in [2.05, 4.69) is 46.8 Å². The maximum absolute atomic E-state index is 5.57.